The van der Waals surface area contributed by atoms with E-state index < -0.39 is 0 Å². The molecule has 0 spiro atoms. The van der Waals surface area contributed by atoms with E-state index in [0.29, 0.717) is 0 Å². The molecule has 2 heterocycles. The number of para-hydroxylation sites is 1. The molecule has 0 N–H and O–H groups in total. The lowest BCUT2D eigenvalue weighted by molar-refractivity contribution is 0.591. The number of benzene rings is 6. The van der Waals surface area contributed by atoms with E-state index in [9.17, 15) is 0 Å². The average molecular weight is 592 g/mol. The van der Waals surface area contributed by atoms with Crippen LogP contribution in [0, 0.1) is 13.8 Å². The summed E-state index contributed by atoms with van der Waals surface area (Å²) in [5.74, 6) is 0. The van der Waals surface area contributed by atoms with E-state index in [1.807, 2.05) is 0 Å². The first kappa shape index (κ1) is 28.5. The molecule has 0 bridgehead atoms. The van der Waals surface area contributed by atoms with Crippen LogP contribution in [0.4, 0.5) is 34.1 Å². The number of anilines is 6. The number of rotatable bonds is 3. The molecule has 0 unspecified atom stereocenters. The molecule has 222 valence electrons. The lowest BCUT2D eigenvalue weighted by atomic mass is 9.33. The van der Waals surface area contributed by atoms with Crippen molar-refractivity contribution in [1.29, 1.82) is 0 Å². The zero-order chi connectivity index (χ0) is 31.7. The van der Waals surface area contributed by atoms with Crippen LogP contribution in [-0.2, 0) is 5.41 Å². The average Bonchev–Trinajstić information content (AvgIpc) is 3.05. The summed E-state index contributed by atoms with van der Waals surface area (Å²) in [7, 11) is 2.24. The van der Waals surface area contributed by atoms with Crippen molar-refractivity contribution >= 4 is 70.5 Å². The fraction of sp³-hybridized carbons (Fsp3) is 0.143. The first-order valence-electron chi connectivity index (χ1n) is 16.4. The van der Waals surface area contributed by atoms with Gasteiger partial charge in [-0.05, 0) is 89.2 Å². The highest BCUT2D eigenvalue weighted by Gasteiger charge is 2.44. The van der Waals surface area contributed by atoms with E-state index in [4.69, 9.17) is 0 Å². The molecule has 0 aliphatic carbocycles. The minimum atomic E-state index is 0.0240. The quantitative estimate of drug-likeness (QED) is 0.195. The van der Waals surface area contributed by atoms with Gasteiger partial charge >= 0.3 is 0 Å². The van der Waals surface area contributed by atoms with Gasteiger partial charge in [0, 0.05) is 34.0 Å². The van der Waals surface area contributed by atoms with Crippen molar-refractivity contribution in [2.75, 3.05) is 9.80 Å². The summed E-state index contributed by atoms with van der Waals surface area (Å²) in [5.41, 5.74) is 19.1. The highest BCUT2D eigenvalue weighted by Crippen LogP contribution is 2.46. The Hall–Kier alpha value is -4.95. The summed E-state index contributed by atoms with van der Waals surface area (Å²) in [4.78, 5) is 5.04. The van der Waals surface area contributed by atoms with Crippen LogP contribution in [0.5, 0.6) is 0 Å². The van der Waals surface area contributed by atoms with Crippen molar-refractivity contribution in [2.45, 2.75) is 40.0 Å². The van der Waals surface area contributed by atoms with E-state index >= 15 is 0 Å². The van der Waals surface area contributed by atoms with Crippen molar-refractivity contribution in [3.8, 4) is 11.1 Å². The predicted molar refractivity (Wildman–Crippen MR) is 202 cm³/mol. The molecule has 2 aliphatic heterocycles. The van der Waals surface area contributed by atoms with Gasteiger partial charge in [0.15, 0.2) is 0 Å². The van der Waals surface area contributed by atoms with E-state index in [0.717, 1.165) is 0 Å². The SMILES string of the molecule is Bc1cc2c3c(c1)N(c1ccccc1-c1ccccc1)c1ccc(C(C)(C)C)cc1B3c1cc(C)ccc1N2c1ccc(C)cc1. The summed E-state index contributed by atoms with van der Waals surface area (Å²) in [6.07, 6.45) is 0. The normalized spacial score (nSPS) is 13.3. The van der Waals surface area contributed by atoms with Crippen molar-refractivity contribution in [3.05, 3.63) is 144 Å². The van der Waals surface area contributed by atoms with E-state index in [-0.39, 0.29) is 12.1 Å². The molecule has 8 rings (SSSR count). The van der Waals surface area contributed by atoms with Crippen molar-refractivity contribution in [2.24, 2.45) is 0 Å². The van der Waals surface area contributed by atoms with Gasteiger partial charge in [0.1, 0.15) is 7.85 Å². The predicted octanol–water partition coefficient (Wildman–Crippen LogP) is 7.61. The van der Waals surface area contributed by atoms with Crippen LogP contribution in [0.3, 0.4) is 0 Å². The van der Waals surface area contributed by atoms with Crippen LogP contribution in [0.2, 0.25) is 0 Å². The van der Waals surface area contributed by atoms with Gasteiger partial charge in [-0.15, -0.1) is 0 Å². The molecule has 0 fully saturated rings. The Kier molecular flexibility index (Phi) is 6.55. The summed E-state index contributed by atoms with van der Waals surface area (Å²) < 4.78 is 0. The minimum absolute atomic E-state index is 0.0240. The Morgan fingerprint density at radius 2 is 1.15 bits per heavy atom. The van der Waals surface area contributed by atoms with Gasteiger partial charge < -0.3 is 9.80 Å². The lowest BCUT2D eigenvalue weighted by Gasteiger charge is -2.45. The van der Waals surface area contributed by atoms with E-state index in [1.54, 1.807) is 0 Å². The molecular weight excluding hydrogens is 554 g/mol. The molecule has 6 aromatic carbocycles. The second-order valence-corrected chi connectivity index (χ2v) is 14.1. The van der Waals surface area contributed by atoms with E-state index in [2.05, 4.69) is 180 Å². The second-order valence-electron chi connectivity index (χ2n) is 14.1. The largest absolute Gasteiger partial charge is 0.311 e. The van der Waals surface area contributed by atoms with Gasteiger partial charge in [-0.1, -0.05) is 122 Å². The van der Waals surface area contributed by atoms with Gasteiger partial charge in [-0.2, -0.15) is 0 Å². The number of hydrogen-bond acceptors (Lipinski definition) is 2. The fourth-order valence-electron chi connectivity index (χ4n) is 7.49. The van der Waals surface area contributed by atoms with E-state index in [1.165, 1.54) is 83.8 Å². The maximum absolute atomic E-state index is 2.54. The Labute approximate surface area is 274 Å². The zero-order valence-corrected chi connectivity index (χ0v) is 27.6. The highest BCUT2D eigenvalue weighted by atomic mass is 15.2. The zero-order valence-electron chi connectivity index (χ0n) is 27.6. The third-order valence-corrected chi connectivity index (χ3v) is 9.75. The van der Waals surface area contributed by atoms with Crippen LogP contribution in [-0.4, -0.2) is 14.6 Å². The second kappa shape index (κ2) is 10.6. The topological polar surface area (TPSA) is 6.48 Å². The first-order chi connectivity index (χ1) is 22.2. The third kappa shape index (κ3) is 4.50. The van der Waals surface area contributed by atoms with Crippen molar-refractivity contribution in [3.63, 3.8) is 0 Å². The van der Waals surface area contributed by atoms with Crippen molar-refractivity contribution in [1.82, 2.24) is 0 Å². The number of hydrogen-bond donors (Lipinski definition) is 0. The van der Waals surface area contributed by atoms with Crippen molar-refractivity contribution < 1.29 is 0 Å². The van der Waals surface area contributed by atoms with Crippen LogP contribution in [0.1, 0.15) is 37.5 Å². The number of aryl methyl sites for hydroxylation is 2. The smallest absolute Gasteiger partial charge is 0.252 e. The molecular formula is C42H38B2N2. The molecule has 0 aromatic heterocycles. The van der Waals surface area contributed by atoms with Gasteiger partial charge in [0.25, 0.3) is 6.71 Å². The van der Waals surface area contributed by atoms with Gasteiger partial charge in [-0.3, -0.25) is 0 Å². The van der Waals surface area contributed by atoms with Crippen LogP contribution in [0.15, 0.2) is 127 Å². The fourth-order valence-corrected chi connectivity index (χ4v) is 7.49. The molecule has 46 heavy (non-hydrogen) atoms. The molecule has 6 aromatic rings. The third-order valence-electron chi connectivity index (χ3n) is 9.75. The molecule has 2 aliphatic rings. The lowest BCUT2D eigenvalue weighted by Crippen LogP contribution is -2.62. The number of fused-ring (bicyclic) bond motifs is 4. The van der Waals surface area contributed by atoms with Gasteiger partial charge in [0.05, 0.1) is 5.69 Å². The monoisotopic (exact) mass is 592 g/mol. The molecule has 0 radical (unpaired) electrons. The highest BCUT2D eigenvalue weighted by molar-refractivity contribution is 7.00. The maximum Gasteiger partial charge on any atom is 0.252 e. The summed E-state index contributed by atoms with van der Waals surface area (Å²) in [6.45, 7) is 11.5. The Morgan fingerprint density at radius 1 is 0.543 bits per heavy atom. The summed E-state index contributed by atoms with van der Waals surface area (Å²) in [6, 6.07) is 47.7. The van der Waals surface area contributed by atoms with Crippen LogP contribution >= 0.6 is 0 Å². The summed E-state index contributed by atoms with van der Waals surface area (Å²) >= 11 is 0. The van der Waals surface area contributed by atoms with Gasteiger partial charge in [-0.25, -0.2) is 0 Å². The summed E-state index contributed by atoms with van der Waals surface area (Å²) in [5, 5.41) is 0. The Bertz CT molecular complexity index is 2130. The van der Waals surface area contributed by atoms with Gasteiger partial charge in [0.2, 0.25) is 0 Å². The molecule has 0 saturated carbocycles. The standard InChI is InChI=1S/C42H38B2N2/c1-27-15-19-32(20-16-27)45-37-21-17-28(2)23-34(37)44-35-24-30(42(3,4)5)18-22-38(35)46(40-26-31(43)25-39(45)41(40)44)36-14-10-9-13-33(36)29-11-7-6-8-12-29/h6-26H,43H2,1-5H3. The minimum Gasteiger partial charge on any atom is -0.311 e. The first-order valence-corrected chi connectivity index (χ1v) is 16.4. The van der Waals surface area contributed by atoms with Crippen LogP contribution in [0.25, 0.3) is 11.1 Å². The molecule has 2 nitrogen and oxygen atoms in total. The molecule has 0 atom stereocenters. The molecule has 4 heteroatoms. The Balaban J connectivity index is 1.49. The van der Waals surface area contributed by atoms with Crippen LogP contribution < -0.4 is 31.7 Å². The molecule has 0 saturated heterocycles. The molecule has 0 amide bonds. The maximum atomic E-state index is 2.54. The Morgan fingerprint density at radius 3 is 1.89 bits per heavy atom. The number of nitrogens with zero attached hydrogens (tertiary/aromatic N) is 2.